The molecule has 1 N–H and O–H groups in total. The first-order chi connectivity index (χ1) is 15.5. The van der Waals surface area contributed by atoms with Crippen molar-refractivity contribution in [3.8, 4) is 22.7 Å². The van der Waals surface area contributed by atoms with E-state index in [4.69, 9.17) is 9.73 Å². The zero-order valence-electron chi connectivity index (χ0n) is 18.2. The van der Waals surface area contributed by atoms with Crippen molar-refractivity contribution in [3.05, 3.63) is 74.6 Å². The highest BCUT2D eigenvalue weighted by molar-refractivity contribution is 6.03. The number of methoxy groups -OCH3 is 1. The number of benzene rings is 2. The quantitative estimate of drug-likeness (QED) is 0.339. The first-order valence-electron chi connectivity index (χ1n) is 10.8. The SMILES string of the molecule is COc1ccc(-c2[nH]n(-c3ccc([N+](=O)[O-])cc3)c(=O)c2C(C)=NC2CCCCC2)cc1. The Morgan fingerprint density at radius 2 is 1.75 bits per heavy atom. The summed E-state index contributed by atoms with van der Waals surface area (Å²) in [5.41, 5.74) is 2.96. The van der Waals surface area contributed by atoms with E-state index < -0.39 is 4.92 Å². The Balaban J connectivity index is 1.82. The Hall–Kier alpha value is -3.68. The first-order valence-corrected chi connectivity index (χ1v) is 10.8. The molecular weight excluding hydrogens is 408 g/mol. The monoisotopic (exact) mass is 434 g/mol. The van der Waals surface area contributed by atoms with Crippen LogP contribution in [0.5, 0.6) is 5.75 Å². The highest BCUT2D eigenvalue weighted by Gasteiger charge is 2.21. The number of hydrogen-bond acceptors (Lipinski definition) is 5. The number of aliphatic imine (C=N–C) groups is 1. The predicted molar refractivity (Wildman–Crippen MR) is 124 cm³/mol. The smallest absolute Gasteiger partial charge is 0.280 e. The van der Waals surface area contributed by atoms with Crippen molar-refractivity contribution < 1.29 is 9.66 Å². The molecule has 1 aromatic heterocycles. The van der Waals surface area contributed by atoms with Crippen LogP contribution in [-0.4, -0.2) is 33.6 Å². The topological polar surface area (TPSA) is 103 Å². The average molecular weight is 434 g/mol. The normalized spacial score (nSPS) is 15.0. The lowest BCUT2D eigenvalue weighted by molar-refractivity contribution is -0.384. The number of non-ortho nitro benzene ring substituents is 1. The maximum Gasteiger partial charge on any atom is 0.280 e. The van der Waals surface area contributed by atoms with Gasteiger partial charge in [0.1, 0.15) is 5.75 Å². The van der Waals surface area contributed by atoms with E-state index in [9.17, 15) is 14.9 Å². The van der Waals surface area contributed by atoms with Crippen molar-refractivity contribution in [1.29, 1.82) is 0 Å². The van der Waals surface area contributed by atoms with Crippen molar-refractivity contribution >= 4 is 11.4 Å². The molecule has 8 heteroatoms. The van der Waals surface area contributed by atoms with Crippen LogP contribution in [0.3, 0.4) is 0 Å². The van der Waals surface area contributed by atoms with Crippen LogP contribution in [0.15, 0.2) is 58.3 Å². The van der Waals surface area contributed by atoms with E-state index in [0.717, 1.165) is 37.0 Å². The molecule has 0 saturated heterocycles. The Morgan fingerprint density at radius 3 is 2.34 bits per heavy atom. The van der Waals surface area contributed by atoms with E-state index >= 15 is 0 Å². The van der Waals surface area contributed by atoms with E-state index in [1.54, 1.807) is 19.2 Å². The van der Waals surface area contributed by atoms with Gasteiger partial charge in [0.2, 0.25) is 0 Å². The molecule has 0 unspecified atom stereocenters. The van der Waals surface area contributed by atoms with Crippen LogP contribution < -0.4 is 10.3 Å². The summed E-state index contributed by atoms with van der Waals surface area (Å²) >= 11 is 0. The van der Waals surface area contributed by atoms with Gasteiger partial charge in [-0.2, -0.15) is 0 Å². The Bertz CT molecular complexity index is 1180. The minimum absolute atomic E-state index is 0.0287. The van der Waals surface area contributed by atoms with E-state index in [1.807, 2.05) is 31.2 Å². The molecule has 0 atom stereocenters. The molecule has 1 heterocycles. The van der Waals surface area contributed by atoms with Crippen LogP contribution in [0.1, 0.15) is 44.6 Å². The number of hydrogen-bond donors (Lipinski definition) is 1. The molecule has 8 nitrogen and oxygen atoms in total. The van der Waals surface area contributed by atoms with E-state index in [0.29, 0.717) is 22.7 Å². The van der Waals surface area contributed by atoms with Crippen LogP contribution in [-0.2, 0) is 0 Å². The molecule has 4 rings (SSSR count). The van der Waals surface area contributed by atoms with Gasteiger partial charge in [-0.15, -0.1) is 0 Å². The van der Waals surface area contributed by atoms with Gasteiger partial charge < -0.3 is 4.74 Å². The maximum atomic E-state index is 13.5. The standard InChI is InChI=1S/C24H26N4O4/c1-16(25-18-6-4-3-5-7-18)22-23(17-8-14-21(32-2)15-9-17)26-27(24(22)29)19-10-12-20(13-11-19)28(30)31/h8-15,18,26H,3-7H2,1-2H3. The second-order valence-electron chi connectivity index (χ2n) is 8.01. The van der Waals surface area contributed by atoms with Crippen LogP contribution in [0.25, 0.3) is 16.9 Å². The highest BCUT2D eigenvalue weighted by atomic mass is 16.6. The van der Waals surface area contributed by atoms with E-state index in [1.165, 1.54) is 23.2 Å². The number of nitro benzene ring substituents is 1. The molecule has 32 heavy (non-hydrogen) atoms. The van der Waals surface area contributed by atoms with E-state index in [2.05, 4.69) is 5.10 Å². The third kappa shape index (κ3) is 4.34. The van der Waals surface area contributed by atoms with Gasteiger partial charge in [-0.05, 0) is 56.2 Å². The number of aromatic nitrogens is 2. The van der Waals surface area contributed by atoms with E-state index in [-0.39, 0.29) is 17.3 Å². The predicted octanol–water partition coefficient (Wildman–Crippen LogP) is 4.89. The summed E-state index contributed by atoms with van der Waals surface area (Å²) < 4.78 is 6.67. The van der Waals surface area contributed by atoms with Crippen LogP contribution in [0.4, 0.5) is 5.69 Å². The number of ether oxygens (including phenoxy) is 1. The number of H-pyrrole nitrogens is 1. The molecule has 3 aromatic rings. The third-order valence-corrected chi connectivity index (χ3v) is 5.90. The summed E-state index contributed by atoms with van der Waals surface area (Å²) in [6, 6.07) is 13.6. The Morgan fingerprint density at radius 1 is 1.09 bits per heavy atom. The number of nitrogens with one attached hydrogen (secondary N) is 1. The molecular formula is C24H26N4O4. The summed E-state index contributed by atoms with van der Waals surface area (Å²) in [5, 5.41) is 14.2. The van der Waals surface area contributed by atoms with Gasteiger partial charge in [-0.25, -0.2) is 4.68 Å². The summed E-state index contributed by atoms with van der Waals surface area (Å²) in [6.45, 7) is 1.88. The molecule has 166 valence electrons. The molecule has 1 aliphatic carbocycles. The highest BCUT2D eigenvalue weighted by Crippen LogP contribution is 2.26. The average Bonchev–Trinajstić information content (AvgIpc) is 3.17. The number of aromatic amines is 1. The molecule has 1 fully saturated rings. The fraction of sp³-hybridized carbons (Fsp3) is 0.333. The van der Waals surface area contributed by atoms with Crippen LogP contribution >= 0.6 is 0 Å². The molecule has 1 aliphatic rings. The maximum absolute atomic E-state index is 13.5. The molecule has 0 aliphatic heterocycles. The molecule has 0 radical (unpaired) electrons. The summed E-state index contributed by atoms with van der Waals surface area (Å²) in [4.78, 5) is 28.9. The Labute approximate surface area is 185 Å². The lowest BCUT2D eigenvalue weighted by atomic mass is 9.95. The summed E-state index contributed by atoms with van der Waals surface area (Å²) in [7, 11) is 1.61. The fourth-order valence-corrected chi connectivity index (χ4v) is 4.19. The minimum atomic E-state index is -0.462. The van der Waals surface area contributed by atoms with Crippen molar-refractivity contribution in [2.75, 3.05) is 7.11 Å². The van der Waals surface area contributed by atoms with Gasteiger partial charge in [0.05, 0.1) is 35.0 Å². The molecule has 0 bridgehead atoms. The molecule has 1 saturated carbocycles. The minimum Gasteiger partial charge on any atom is -0.497 e. The lowest BCUT2D eigenvalue weighted by Crippen LogP contribution is -2.21. The number of rotatable bonds is 6. The lowest BCUT2D eigenvalue weighted by Gasteiger charge is -2.18. The summed E-state index contributed by atoms with van der Waals surface area (Å²) in [6.07, 6.45) is 5.63. The molecule has 0 spiro atoms. The number of nitrogens with zero attached hydrogens (tertiary/aromatic N) is 3. The van der Waals surface area contributed by atoms with Gasteiger partial charge in [-0.3, -0.25) is 25.0 Å². The van der Waals surface area contributed by atoms with Crippen LogP contribution in [0, 0.1) is 10.1 Å². The van der Waals surface area contributed by atoms with Crippen LogP contribution in [0.2, 0.25) is 0 Å². The third-order valence-electron chi connectivity index (χ3n) is 5.90. The number of nitro groups is 1. The zero-order valence-corrected chi connectivity index (χ0v) is 18.2. The fourth-order valence-electron chi connectivity index (χ4n) is 4.19. The van der Waals surface area contributed by atoms with Crippen molar-refractivity contribution in [2.45, 2.75) is 45.1 Å². The zero-order chi connectivity index (χ0) is 22.7. The Kier molecular flexibility index (Phi) is 6.20. The largest absolute Gasteiger partial charge is 0.497 e. The first kappa shape index (κ1) is 21.5. The van der Waals surface area contributed by atoms with Gasteiger partial charge in [0.15, 0.2) is 0 Å². The molecule has 2 aromatic carbocycles. The summed E-state index contributed by atoms with van der Waals surface area (Å²) in [5.74, 6) is 0.722. The second kappa shape index (κ2) is 9.21. The second-order valence-corrected chi connectivity index (χ2v) is 8.01. The van der Waals surface area contributed by atoms with Crippen molar-refractivity contribution in [1.82, 2.24) is 9.78 Å². The van der Waals surface area contributed by atoms with Crippen molar-refractivity contribution in [2.24, 2.45) is 4.99 Å². The van der Waals surface area contributed by atoms with Gasteiger partial charge in [0, 0.05) is 23.4 Å². The molecule has 0 amide bonds. The van der Waals surface area contributed by atoms with Crippen molar-refractivity contribution in [3.63, 3.8) is 0 Å². The van der Waals surface area contributed by atoms with Gasteiger partial charge >= 0.3 is 0 Å². The van der Waals surface area contributed by atoms with Gasteiger partial charge in [-0.1, -0.05) is 19.3 Å². The van der Waals surface area contributed by atoms with Gasteiger partial charge in [0.25, 0.3) is 11.2 Å².